The molecule has 3 atom stereocenters. The summed E-state index contributed by atoms with van der Waals surface area (Å²) in [5, 5.41) is 13.4. The van der Waals surface area contributed by atoms with Crippen molar-refractivity contribution in [2.24, 2.45) is 0 Å². The first-order valence-electron chi connectivity index (χ1n) is 11.2. The Morgan fingerprint density at radius 3 is 2.82 bits per heavy atom. The van der Waals surface area contributed by atoms with E-state index in [1.165, 1.54) is 10.7 Å². The third-order valence-electron chi connectivity index (χ3n) is 6.27. The number of nitrogens with one attached hydrogen (secondary N) is 3. The van der Waals surface area contributed by atoms with E-state index >= 15 is 0 Å². The summed E-state index contributed by atoms with van der Waals surface area (Å²) >= 11 is 6.37. The Bertz CT molecular complexity index is 1310. The van der Waals surface area contributed by atoms with Crippen molar-refractivity contribution in [1.29, 1.82) is 0 Å². The number of pyridine rings is 1. The normalized spacial score (nSPS) is 22.5. The number of alkyl halides is 1. The number of aromatic nitrogens is 4. The van der Waals surface area contributed by atoms with Crippen LogP contribution in [0.3, 0.4) is 0 Å². The zero-order valence-electron chi connectivity index (χ0n) is 18.9. The molecule has 1 amide bonds. The van der Waals surface area contributed by atoms with Gasteiger partial charge in [0.15, 0.2) is 5.65 Å². The van der Waals surface area contributed by atoms with Crippen molar-refractivity contribution in [2.75, 3.05) is 37.8 Å². The van der Waals surface area contributed by atoms with Gasteiger partial charge in [0.2, 0.25) is 0 Å². The first-order chi connectivity index (χ1) is 16.3. The Kier molecular flexibility index (Phi) is 5.90. The van der Waals surface area contributed by atoms with E-state index in [1.54, 1.807) is 29.9 Å². The third-order valence-corrected chi connectivity index (χ3v) is 6.47. The fourth-order valence-electron chi connectivity index (χ4n) is 4.36. The van der Waals surface area contributed by atoms with E-state index in [0.29, 0.717) is 23.1 Å². The number of amides is 1. The van der Waals surface area contributed by atoms with Gasteiger partial charge in [0.1, 0.15) is 29.1 Å². The van der Waals surface area contributed by atoms with Gasteiger partial charge in [0.25, 0.3) is 11.5 Å². The van der Waals surface area contributed by atoms with Crippen LogP contribution in [0.15, 0.2) is 29.3 Å². The van der Waals surface area contributed by atoms with Crippen LogP contribution in [0.5, 0.6) is 0 Å². The number of hydrogen-bond acceptors (Lipinski definition) is 7. The Hall–Kier alpha value is -3.18. The molecule has 4 heterocycles. The van der Waals surface area contributed by atoms with E-state index in [0.717, 1.165) is 25.9 Å². The summed E-state index contributed by atoms with van der Waals surface area (Å²) in [5.74, 6) is 0.448. The van der Waals surface area contributed by atoms with E-state index in [4.69, 9.17) is 11.6 Å². The zero-order valence-corrected chi connectivity index (χ0v) is 19.6. The van der Waals surface area contributed by atoms with E-state index in [9.17, 15) is 14.0 Å². The number of anilines is 3. The lowest BCUT2D eigenvalue weighted by atomic mass is 10.1. The van der Waals surface area contributed by atoms with E-state index in [-0.39, 0.29) is 28.5 Å². The van der Waals surface area contributed by atoms with E-state index in [1.807, 2.05) is 7.05 Å². The predicted molar refractivity (Wildman–Crippen MR) is 128 cm³/mol. The summed E-state index contributed by atoms with van der Waals surface area (Å²) < 4.78 is 16.4. The van der Waals surface area contributed by atoms with Crippen molar-refractivity contribution in [3.05, 3.63) is 45.5 Å². The molecule has 3 aromatic rings. The lowest BCUT2D eigenvalue weighted by Gasteiger charge is -2.31. The van der Waals surface area contributed by atoms with E-state index in [2.05, 4.69) is 30.9 Å². The quantitative estimate of drug-likeness (QED) is 0.489. The van der Waals surface area contributed by atoms with Crippen molar-refractivity contribution in [1.82, 2.24) is 29.4 Å². The largest absolute Gasteiger partial charge is 0.373 e. The molecule has 1 aliphatic carbocycles. The van der Waals surface area contributed by atoms with Gasteiger partial charge in [-0.1, -0.05) is 11.6 Å². The van der Waals surface area contributed by atoms with Crippen LogP contribution in [-0.4, -0.2) is 69.4 Å². The number of carbonyl (C=O) groups excluding carboxylic acids is 1. The number of halogens is 2. The Morgan fingerprint density at radius 1 is 1.32 bits per heavy atom. The molecule has 0 bridgehead atoms. The molecule has 3 aromatic heterocycles. The Labute approximate surface area is 200 Å². The highest BCUT2D eigenvalue weighted by Crippen LogP contribution is 2.27. The minimum atomic E-state index is -1.02. The molecule has 3 N–H and O–H groups in total. The summed E-state index contributed by atoms with van der Waals surface area (Å²) in [6.07, 6.45) is 4.26. The smallest absolute Gasteiger partial charge is 0.274 e. The lowest BCUT2D eigenvalue weighted by molar-refractivity contribution is 0.0949. The zero-order chi connectivity index (χ0) is 24.0. The van der Waals surface area contributed by atoms with Gasteiger partial charge in [-0.25, -0.2) is 9.37 Å². The average Bonchev–Trinajstić information content (AvgIpc) is 3.32. The first-order valence-corrected chi connectivity index (χ1v) is 11.6. The van der Waals surface area contributed by atoms with Crippen LogP contribution in [0.25, 0.3) is 5.65 Å². The third kappa shape index (κ3) is 4.32. The number of hydrogen-bond donors (Lipinski definition) is 3. The summed E-state index contributed by atoms with van der Waals surface area (Å²) in [7, 11) is 3.75. The SMILES string of the molecule is CNc1cc(Nc2cc(Cl)cn(C3CCCN(C)C3)c2=O)nc2c(C(=O)N[C@@H]3C[C@@H]3F)cnn12. The Morgan fingerprint density at radius 2 is 2.12 bits per heavy atom. The van der Waals surface area contributed by atoms with Gasteiger partial charge in [-0.05, 0) is 32.5 Å². The summed E-state index contributed by atoms with van der Waals surface area (Å²) in [4.78, 5) is 32.7. The van der Waals surface area contributed by atoms with Gasteiger partial charge in [-0.2, -0.15) is 9.61 Å². The molecule has 2 fully saturated rings. The highest BCUT2D eigenvalue weighted by atomic mass is 35.5. The molecular weight excluding hydrogens is 463 g/mol. The molecule has 2 aliphatic rings. The fourth-order valence-corrected chi connectivity index (χ4v) is 4.57. The average molecular weight is 489 g/mol. The van der Waals surface area contributed by atoms with Crippen molar-refractivity contribution in [2.45, 2.75) is 37.5 Å². The van der Waals surface area contributed by atoms with Crippen molar-refractivity contribution < 1.29 is 9.18 Å². The molecule has 180 valence electrons. The van der Waals surface area contributed by atoms with Gasteiger partial charge in [0.05, 0.1) is 17.3 Å². The van der Waals surface area contributed by atoms with Crippen LogP contribution in [-0.2, 0) is 0 Å². The molecule has 34 heavy (non-hydrogen) atoms. The van der Waals surface area contributed by atoms with Gasteiger partial charge in [0, 0.05) is 38.3 Å². The first kappa shape index (κ1) is 22.6. The number of carbonyl (C=O) groups is 1. The highest BCUT2D eigenvalue weighted by Gasteiger charge is 2.39. The molecule has 1 saturated carbocycles. The maximum atomic E-state index is 13.3. The minimum Gasteiger partial charge on any atom is -0.373 e. The number of piperidine rings is 1. The van der Waals surface area contributed by atoms with Crippen molar-refractivity contribution in [3.63, 3.8) is 0 Å². The van der Waals surface area contributed by atoms with Crippen molar-refractivity contribution in [3.8, 4) is 0 Å². The van der Waals surface area contributed by atoms with Gasteiger partial charge in [-0.15, -0.1) is 0 Å². The monoisotopic (exact) mass is 488 g/mol. The van der Waals surface area contributed by atoms with Gasteiger partial charge < -0.3 is 25.4 Å². The molecule has 10 nitrogen and oxygen atoms in total. The molecule has 1 aliphatic heterocycles. The van der Waals surface area contributed by atoms with Crippen LogP contribution in [0.2, 0.25) is 5.02 Å². The molecule has 1 saturated heterocycles. The molecule has 0 spiro atoms. The van der Waals surface area contributed by atoms with Gasteiger partial charge >= 0.3 is 0 Å². The van der Waals surface area contributed by atoms with Gasteiger partial charge in [-0.3, -0.25) is 9.59 Å². The minimum absolute atomic E-state index is 0.0284. The molecule has 5 rings (SSSR count). The standard InChI is InChI=1S/C22H26ClFN8O2/c1-25-19-8-18(29-20-14(9-26-32(19)20)21(33)28-16-7-15(16)24)27-17-6-12(23)10-31(22(17)34)13-4-3-5-30(2)11-13/h6,8-10,13,15-16,25H,3-5,7,11H2,1-2H3,(H,27,29)(H,28,33)/t13?,15-,16+/m0/s1. The van der Waals surface area contributed by atoms with Crippen LogP contribution >= 0.6 is 11.6 Å². The number of nitrogens with zero attached hydrogens (tertiary/aromatic N) is 5. The second-order valence-electron chi connectivity index (χ2n) is 8.87. The second kappa shape index (κ2) is 8.88. The highest BCUT2D eigenvalue weighted by molar-refractivity contribution is 6.30. The van der Waals surface area contributed by atoms with Crippen LogP contribution in [0, 0.1) is 0 Å². The molecule has 12 heteroatoms. The molecule has 1 unspecified atom stereocenters. The predicted octanol–water partition coefficient (Wildman–Crippen LogP) is 2.44. The number of rotatable bonds is 6. The number of likely N-dealkylation sites (N-methyl/N-ethyl adjacent to an activating group) is 1. The second-order valence-corrected chi connectivity index (χ2v) is 9.31. The fraction of sp³-hybridized carbons (Fsp3) is 0.455. The van der Waals surface area contributed by atoms with E-state index < -0.39 is 18.1 Å². The number of likely N-dealkylation sites (tertiary alicyclic amines) is 1. The van der Waals surface area contributed by atoms with Crippen molar-refractivity contribution >= 4 is 40.5 Å². The summed E-state index contributed by atoms with van der Waals surface area (Å²) in [6, 6.07) is 2.80. The lowest BCUT2D eigenvalue weighted by Crippen LogP contribution is -2.38. The summed E-state index contributed by atoms with van der Waals surface area (Å²) in [6.45, 7) is 1.77. The molecule has 0 aromatic carbocycles. The number of fused-ring (bicyclic) bond motifs is 1. The topological polar surface area (TPSA) is 109 Å². The van der Waals surface area contributed by atoms with Crippen LogP contribution in [0.1, 0.15) is 35.7 Å². The maximum absolute atomic E-state index is 13.3. The van der Waals surface area contributed by atoms with Crippen LogP contribution in [0.4, 0.5) is 21.7 Å². The van der Waals surface area contributed by atoms with Crippen LogP contribution < -0.4 is 21.5 Å². The molecular formula is C22H26ClFN8O2. The Balaban J connectivity index is 1.49. The molecule has 0 radical (unpaired) electrons. The maximum Gasteiger partial charge on any atom is 0.274 e. The summed E-state index contributed by atoms with van der Waals surface area (Å²) in [5.41, 5.74) is 0.571.